The molecule has 1 heterocycles. The smallest absolute Gasteiger partial charge is 0.144 e. The van der Waals surface area contributed by atoms with E-state index in [0.717, 1.165) is 5.92 Å². The number of aromatic nitrogens is 2. The molecule has 1 aromatic heterocycles. The van der Waals surface area contributed by atoms with Crippen LogP contribution in [-0.2, 0) is 0 Å². The number of nitrogens with zero attached hydrogens (tertiary/aromatic N) is 2. The van der Waals surface area contributed by atoms with Gasteiger partial charge in [-0.1, -0.05) is 34.6 Å². The minimum Gasteiger partial charge on any atom is -0.346 e. The van der Waals surface area contributed by atoms with Crippen molar-refractivity contribution in [1.29, 1.82) is 0 Å². The second-order valence-corrected chi connectivity index (χ2v) is 2.32. The van der Waals surface area contributed by atoms with Gasteiger partial charge < -0.3 is 4.52 Å². The van der Waals surface area contributed by atoms with Crippen LogP contribution >= 0.6 is 0 Å². The topological polar surface area (TPSA) is 38.9 Å². The Hall–Kier alpha value is -0.860. The van der Waals surface area contributed by atoms with Gasteiger partial charge in [0.2, 0.25) is 0 Å². The first kappa shape index (κ1) is 12.8. The zero-order valence-electron chi connectivity index (χ0n) is 8.03. The van der Waals surface area contributed by atoms with Crippen molar-refractivity contribution in [1.82, 2.24) is 10.4 Å². The van der Waals surface area contributed by atoms with Gasteiger partial charge in [-0.2, -0.15) is 0 Å². The molecule has 0 spiro atoms. The molecule has 66 valence electrons. The summed E-state index contributed by atoms with van der Waals surface area (Å²) in [5, 5.41) is 6.40. The normalized spacial score (nSPS) is 7.45. The first-order chi connectivity index (χ1) is 5.23. The van der Waals surface area contributed by atoms with Crippen LogP contribution in [0.25, 0.3) is 0 Å². The monoisotopic (exact) mass is 158 g/mol. The van der Waals surface area contributed by atoms with Crippen LogP contribution < -0.4 is 0 Å². The molecule has 0 aliphatic rings. The molecule has 0 radical (unpaired) electrons. The fourth-order valence-corrected chi connectivity index (χ4v) is 0.136. The van der Waals surface area contributed by atoms with Crippen LogP contribution in [0, 0.1) is 5.92 Å². The van der Waals surface area contributed by atoms with E-state index in [2.05, 4.69) is 35.7 Å². The second-order valence-electron chi connectivity index (χ2n) is 2.32. The summed E-state index contributed by atoms with van der Waals surface area (Å²) in [5.74, 6) is 0.833. The predicted molar refractivity (Wildman–Crippen MR) is 46.2 cm³/mol. The Kier molecular flexibility index (Phi) is 13.8. The Morgan fingerprint density at radius 1 is 1.18 bits per heavy atom. The van der Waals surface area contributed by atoms with E-state index in [-0.39, 0.29) is 0 Å². The van der Waals surface area contributed by atoms with Crippen molar-refractivity contribution in [3.05, 3.63) is 12.5 Å². The molecule has 0 amide bonds. The summed E-state index contributed by atoms with van der Waals surface area (Å²) in [6.07, 6.45) is 2.88. The van der Waals surface area contributed by atoms with Crippen LogP contribution in [0.5, 0.6) is 0 Å². The first-order valence-electron chi connectivity index (χ1n) is 3.94. The summed E-state index contributed by atoms with van der Waals surface area (Å²) in [6.45, 7) is 10.5. The van der Waals surface area contributed by atoms with Crippen LogP contribution in [0.4, 0.5) is 0 Å². The summed E-state index contributed by atoms with van der Waals surface area (Å²) in [5.41, 5.74) is 0. The lowest BCUT2D eigenvalue weighted by molar-refractivity contribution is 0.393. The third-order valence-electron chi connectivity index (χ3n) is 0.283. The van der Waals surface area contributed by atoms with Crippen molar-refractivity contribution in [3.8, 4) is 0 Å². The van der Waals surface area contributed by atoms with Gasteiger partial charge in [-0.25, -0.2) is 0 Å². The van der Waals surface area contributed by atoms with E-state index in [9.17, 15) is 0 Å². The van der Waals surface area contributed by atoms with Crippen molar-refractivity contribution >= 4 is 0 Å². The van der Waals surface area contributed by atoms with Crippen LogP contribution in [0.1, 0.15) is 34.6 Å². The lowest BCUT2D eigenvalue weighted by atomic mass is 10.3. The SMILES string of the molecule is CC.CC(C)C.c1conn1. The van der Waals surface area contributed by atoms with E-state index < -0.39 is 0 Å². The highest BCUT2D eigenvalue weighted by Crippen LogP contribution is 1.81. The molecule has 0 aliphatic carbocycles. The zero-order chi connectivity index (χ0) is 9.11. The zero-order valence-corrected chi connectivity index (χ0v) is 8.03. The van der Waals surface area contributed by atoms with E-state index in [0.29, 0.717) is 0 Å². The van der Waals surface area contributed by atoms with E-state index in [1.54, 1.807) is 0 Å². The van der Waals surface area contributed by atoms with Gasteiger partial charge >= 0.3 is 0 Å². The summed E-state index contributed by atoms with van der Waals surface area (Å²) in [6, 6.07) is 0. The summed E-state index contributed by atoms with van der Waals surface area (Å²) < 4.78 is 4.22. The quantitative estimate of drug-likeness (QED) is 0.582. The maximum atomic E-state index is 4.22. The highest BCUT2D eigenvalue weighted by Gasteiger charge is 1.68. The fourth-order valence-electron chi connectivity index (χ4n) is 0.136. The Morgan fingerprint density at radius 2 is 1.64 bits per heavy atom. The van der Waals surface area contributed by atoms with Gasteiger partial charge in [-0.15, -0.1) is 5.10 Å². The summed E-state index contributed by atoms with van der Waals surface area (Å²) in [7, 11) is 0. The Labute approximate surface area is 68.8 Å². The highest BCUT2D eigenvalue weighted by molar-refractivity contribution is 4.48. The van der Waals surface area contributed by atoms with Gasteiger partial charge in [-0.3, -0.25) is 0 Å². The summed E-state index contributed by atoms with van der Waals surface area (Å²) in [4.78, 5) is 0. The van der Waals surface area contributed by atoms with E-state index in [4.69, 9.17) is 0 Å². The third kappa shape index (κ3) is 27.2. The molecule has 3 nitrogen and oxygen atoms in total. The molecule has 0 fully saturated rings. The van der Waals surface area contributed by atoms with Crippen molar-refractivity contribution in [2.45, 2.75) is 34.6 Å². The highest BCUT2D eigenvalue weighted by atomic mass is 16.5. The molecule has 0 atom stereocenters. The number of hydrogen-bond donors (Lipinski definition) is 0. The lowest BCUT2D eigenvalue weighted by Gasteiger charge is -1.79. The van der Waals surface area contributed by atoms with Crippen molar-refractivity contribution in [3.63, 3.8) is 0 Å². The molecule has 0 aliphatic heterocycles. The Balaban J connectivity index is 0. The molecule has 1 aromatic rings. The van der Waals surface area contributed by atoms with Crippen LogP contribution in [0.3, 0.4) is 0 Å². The molecule has 0 saturated carbocycles. The lowest BCUT2D eigenvalue weighted by Crippen LogP contribution is -1.66. The molecule has 0 unspecified atom stereocenters. The number of rotatable bonds is 0. The minimum absolute atomic E-state index is 0.833. The molecule has 3 heteroatoms. The maximum absolute atomic E-state index is 4.22. The molecule has 0 bridgehead atoms. The molecule has 0 aromatic carbocycles. The molecular formula is C8H18N2O. The number of hydrogen-bond acceptors (Lipinski definition) is 3. The van der Waals surface area contributed by atoms with Gasteiger partial charge in [0.05, 0.1) is 6.20 Å². The standard InChI is InChI=1S/C4H10.C2H2N2O.C2H6/c1-4(2)3;1-2-5-4-3-1;1-2/h4H,1-3H3;1-2H;1-2H3. The van der Waals surface area contributed by atoms with Gasteiger partial charge in [0.25, 0.3) is 0 Å². The van der Waals surface area contributed by atoms with Gasteiger partial charge in [0.1, 0.15) is 6.26 Å². The van der Waals surface area contributed by atoms with Crippen molar-refractivity contribution < 1.29 is 4.52 Å². The first-order valence-corrected chi connectivity index (χ1v) is 3.94. The molecule has 1 rings (SSSR count). The van der Waals surface area contributed by atoms with E-state index in [1.165, 1.54) is 12.5 Å². The van der Waals surface area contributed by atoms with Crippen LogP contribution in [0.15, 0.2) is 17.0 Å². The van der Waals surface area contributed by atoms with E-state index in [1.807, 2.05) is 13.8 Å². The largest absolute Gasteiger partial charge is 0.346 e. The Morgan fingerprint density at radius 3 is 1.73 bits per heavy atom. The van der Waals surface area contributed by atoms with Crippen LogP contribution in [0.2, 0.25) is 0 Å². The minimum atomic E-state index is 0.833. The average molecular weight is 158 g/mol. The average Bonchev–Trinajstić information content (AvgIpc) is 2.44. The van der Waals surface area contributed by atoms with Crippen molar-refractivity contribution in [2.75, 3.05) is 0 Å². The van der Waals surface area contributed by atoms with Crippen LogP contribution in [-0.4, -0.2) is 10.4 Å². The summed E-state index contributed by atoms with van der Waals surface area (Å²) >= 11 is 0. The molecular weight excluding hydrogens is 140 g/mol. The third-order valence-corrected chi connectivity index (χ3v) is 0.283. The van der Waals surface area contributed by atoms with Crippen molar-refractivity contribution in [2.24, 2.45) is 5.92 Å². The maximum Gasteiger partial charge on any atom is 0.144 e. The predicted octanol–water partition coefficient (Wildman–Crippen LogP) is 2.76. The molecule has 0 saturated heterocycles. The second kappa shape index (κ2) is 11.9. The molecule has 0 N–H and O–H groups in total. The Bertz CT molecular complexity index is 95.7. The molecule has 11 heavy (non-hydrogen) atoms. The van der Waals surface area contributed by atoms with Gasteiger partial charge in [0, 0.05) is 5.27 Å². The fraction of sp³-hybridized carbons (Fsp3) is 0.750. The van der Waals surface area contributed by atoms with Gasteiger partial charge in [0.15, 0.2) is 0 Å². The van der Waals surface area contributed by atoms with E-state index >= 15 is 0 Å². The van der Waals surface area contributed by atoms with Gasteiger partial charge in [-0.05, 0) is 5.92 Å².